The SMILES string of the molecule is CCc1nc2c(F)cc(I)cc2c(=O)n1-c1ccc(F)cc1C. The molecule has 3 aromatic rings. The van der Waals surface area contributed by atoms with Crippen molar-refractivity contribution in [3.05, 3.63) is 67.3 Å². The van der Waals surface area contributed by atoms with Crippen LogP contribution in [-0.4, -0.2) is 9.55 Å². The van der Waals surface area contributed by atoms with Crippen LogP contribution >= 0.6 is 22.6 Å². The number of rotatable bonds is 2. The molecule has 1 aromatic heterocycles. The lowest BCUT2D eigenvalue weighted by Crippen LogP contribution is -2.25. The smallest absolute Gasteiger partial charge is 0.266 e. The highest BCUT2D eigenvalue weighted by Gasteiger charge is 2.16. The molecule has 118 valence electrons. The zero-order valence-electron chi connectivity index (χ0n) is 12.5. The zero-order valence-corrected chi connectivity index (χ0v) is 14.7. The molecule has 23 heavy (non-hydrogen) atoms. The van der Waals surface area contributed by atoms with Gasteiger partial charge in [-0.3, -0.25) is 9.36 Å². The van der Waals surface area contributed by atoms with E-state index in [4.69, 9.17) is 0 Å². The summed E-state index contributed by atoms with van der Waals surface area (Å²) < 4.78 is 29.6. The van der Waals surface area contributed by atoms with Gasteiger partial charge in [0, 0.05) is 9.99 Å². The lowest BCUT2D eigenvalue weighted by atomic mass is 10.1. The van der Waals surface area contributed by atoms with Crippen molar-refractivity contribution < 1.29 is 8.78 Å². The third-order valence-electron chi connectivity index (χ3n) is 3.68. The molecule has 0 amide bonds. The minimum absolute atomic E-state index is 0.0725. The average molecular weight is 426 g/mol. The molecule has 6 heteroatoms. The summed E-state index contributed by atoms with van der Waals surface area (Å²) in [5.74, 6) is -0.439. The van der Waals surface area contributed by atoms with E-state index in [1.165, 1.54) is 22.8 Å². The van der Waals surface area contributed by atoms with E-state index < -0.39 is 5.82 Å². The molecule has 3 nitrogen and oxygen atoms in total. The predicted octanol–water partition coefficient (Wildman–Crippen LogP) is 4.14. The van der Waals surface area contributed by atoms with Gasteiger partial charge < -0.3 is 0 Å². The summed E-state index contributed by atoms with van der Waals surface area (Å²) in [5, 5.41) is 0.218. The third-order valence-corrected chi connectivity index (χ3v) is 4.30. The molecule has 0 spiro atoms. The van der Waals surface area contributed by atoms with Gasteiger partial charge in [0.2, 0.25) is 0 Å². The van der Waals surface area contributed by atoms with Crippen molar-refractivity contribution in [1.82, 2.24) is 9.55 Å². The Balaban J connectivity index is 2.45. The molecule has 0 aliphatic rings. The largest absolute Gasteiger partial charge is 0.268 e. The summed E-state index contributed by atoms with van der Waals surface area (Å²) in [6.45, 7) is 3.57. The maximum atomic E-state index is 14.1. The molecule has 1 heterocycles. The first-order valence-electron chi connectivity index (χ1n) is 7.09. The first kappa shape index (κ1) is 16.0. The Morgan fingerprint density at radius 1 is 1.22 bits per heavy atom. The molecule has 0 fully saturated rings. The molecule has 0 aliphatic heterocycles. The number of benzene rings is 2. The van der Waals surface area contributed by atoms with Crippen LogP contribution < -0.4 is 5.56 Å². The summed E-state index contributed by atoms with van der Waals surface area (Å²) in [5.41, 5.74) is 0.901. The maximum absolute atomic E-state index is 14.1. The Hall–Kier alpha value is -1.83. The summed E-state index contributed by atoms with van der Waals surface area (Å²) in [6.07, 6.45) is 0.452. The molecule has 0 N–H and O–H groups in total. The van der Waals surface area contributed by atoms with E-state index in [2.05, 4.69) is 4.98 Å². The minimum Gasteiger partial charge on any atom is -0.268 e. The van der Waals surface area contributed by atoms with Gasteiger partial charge in [-0.25, -0.2) is 13.8 Å². The highest BCUT2D eigenvalue weighted by molar-refractivity contribution is 14.1. The van der Waals surface area contributed by atoms with Gasteiger partial charge >= 0.3 is 0 Å². The standard InChI is InChI=1S/C17H13F2IN2O/c1-3-15-21-16-12(7-11(20)8-13(16)19)17(23)22(15)14-5-4-10(18)6-9(14)2/h4-8H,3H2,1-2H3. The van der Waals surface area contributed by atoms with Gasteiger partial charge in [0.15, 0.2) is 5.82 Å². The lowest BCUT2D eigenvalue weighted by Gasteiger charge is -2.15. The number of aromatic nitrogens is 2. The molecule has 3 rings (SSSR count). The molecule has 2 aromatic carbocycles. The van der Waals surface area contributed by atoms with Crippen molar-refractivity contribution in [3.8, 4) is 5.69 Å². The topological polar surface area (TPSA) is 34.9 Å². The second-order valence-electron chi connectivity index (χ2n) is 5.24. The van der Waals surface area contributed by atoms with E-state index in [9.17, 15) is 13.6 Å². The second kappa shape index (κ2) is 5.99. The highest BCUT2D eigenvalue weighted by Crippen LogP contribution is 2.21. The normalized spacial score (nSPS) is 11.2. The monoisotopic (exact) mass is 426 g/mol. The summed E-state index contributed by atoms with van der Waals surface area (Å²) >= 11 is 1.96. The van der Waals surface area contributed by atoms with Gasteiger partial charge in [-0.05, 0) is 65.4 Å². The number of hydrogen-bond donors (Lipinski definition) is 0. The quantitative estimate of drug-likeness (QED) is 0.578. The third kappa shape index (κ3) is 2.75. The van der Waals surface area contributed by atoms with Gasteiger partial charge in [-0.15, -0.1) is 0 Å². The van der Waals surface area contributed by atoms with Gasteiger partial charge in [-0.2, -0.15) is 0 Å². The van der Waals surface area contributed by atoms with E-state index in [0.717, 1.165) is 0 Å². The number of hydrogen-bond acceptors (Lipinski definition) is 2. The van der Waals surface area contributed by atoms with Crippen molar-refractivity contribution in [1.29, 1.82) is 0 Å². The zero-order chi connectivity index (χ0) is 16.7. The fourth-order valence-electron chi connectivity index (χ4n) is 2.61. The fourth-order valence-corrected chi connectivity index (χ4v) is 3.20. The number of aryl methyl sites for hydroxylation is 2. The molecule has 0 bridgehead atoms. The van der Waals surface area contributed by atoms with Crippen LogP contribution in [0.25, 0.3) is 16.6 Å². The van der Waals surface area contributed by atoms with Crippen LogP contribution in [0, 0.1) is 22.1 Å². The van der Waals surface area contributed by atoms with Crippen LogP contribution in [0.4, 0.5) is 8.78 Å². The van der Waals surface area contributed by atoms with Crippen LogP contribution in [0.2, 0.25) is 0 Å². The molecule has 0 aliphatic carbocycles. The molecule has 0 atom stereocenters. The van der Waals surface area contributed by atoms with E-state index in [-0.39, 0.29) is 22.3 Å². The van der Waals surface area contributed by atoms with E-state index in [0.29, 0.717) is 27.1 Å². The molecule has 0 unspecified atom stereocenters. The van der Waals surface area contributed by atoms with Gasteiger partial charge in [-0.1, -0.05) is 6.92 Å². The van der Waals surface area contributed by atoms with Crippen LogP contribution in [0.5, 0.6) is 0 Å². The summed E-state index contributed by atoms with van der Waals surface area (Å²) in [6, 6.07) is 7.17. The Bertz CT molecular complexity index is 982. The molecule has 0 saturated heterocycles. The van der Waals surface area contributed by atoms with Gasteiger partial charge in [0.1, 0.15) is 17.2 Å². The van der Waals surface area contributed by atoms with Gasteiger partial charge in [0.05, 0.1) is 11.1 Å². The fraction of sp³-hybridized carbons (Fsp3) is 0.176. The molecule has 0 radical (unpaired) electrons. The highest BCUT2D eigenvalue weighted by atomic mass is 127. The summed E-state index contributed by atoms with van der Waals surface area (Å²) in [7, 11) is 0. The first-order valence-corrected chi connectivity index (χ1v) is 8.17. The Morgan fingerprint density at radius 2 is 1.96 bits per heavy atom. The lowest BCUT2D eigenvalue weighted by molar-refractivity contribution is 0.625. The maximum Gasteiger partial charge on any atom is 0.266 e. The van der Waals surface area contributed by atoms with Crippen molar-refractivity contribution in [3.63, 3.8) is 0 Å². The van der Waals surface area contributed by atoms with Crippen LogP contribution in [0.3, 0.4) is 0 Å². The van der Waals surface area contributed by atoms with Crippen LogP contribution in [-0.2, 0) is 6.42 Å². The van der Waals surface area contributed by atoms with Crippen molar-refractivity contribution in [2.75, 3.05) is 0 Å². The Kier molecular flexibility index (Phi) is 4.18. The van der Waals surface area contributed by atoms with Crippen LogP contribution in [0.1, 0.15) is 18.3 Å². The number of nitrogens with zero attached hydrogens (tertiary/aromatic N) is 2. The Labute approximate surface area is 145 Å². The first-order chi connectivity index (χ1) is 10.9. The number of halogens is 3. The van der Waals surface area contributed by atoms with E-state index in [1.807, 2.05) is 29.5 Å². The van der Waals surface area contributed by atoms with Crippen molar-refractivity contribution in [2.24, 2.45) is 0 Å². The molecule has 0 saturated carbocycles. The molecular formula is C17H13F2IN2O. The Morgan fingerprint density at radius 3 is 2.61 bits per heavy atom. The molecular weight excluding hydrogens is 413 g/mol. The number of fused-ring (bicyclic) bond motifs is 1. The van der Waals surface area contributed by atoms with E-state index in [1.54, 1.807) is 19.1 Å². The summed E-state index contributed by atoms with van der Waals surface area (Å²) in [4.78, 5) is 17.2. The van der Waals surface area contributed by atoms with Gasteiger partial charge in [0.25, 0.3) is 5.56 Å². The second-order valence-corrected chi connectivity index (χ2v) is 6.48. The predicted molar refractivity (Wildman–Crippen MR) is 94.1 cm³/mol. The average Bonchev–Trinajstić information content (AvgIpc) is 2.49. The van der Waals surface area contributed by atoms with Crippen molar-refractivity contribution >= 4 is 33.5 Å². The van der Waals surface area contributed by atoms with Crippen LogP contribution in [0.15, 0.2) is 35.1 Å². The van der Waals surface area contributed by atoms with Crippen molar-refractivity contribution in [2.45, 2.75) is 20.3 Å². The van der Waals surface area contributed by atoms with E-state index >= 15 is 0 Å². The minimum atomic E-state index is -0.512.